The van der Waals surface area contributed by atoms with Crippen LogP contribution < -0.4 is 10.2 Å². The second kappa shape index (κ2) is 7.37. The predicted molar refractivity (Wildman–Crippen MR) is 94.1 cm³/mol. The molecule has 0 saturated carbocycles. The molecule has 2 heterocycles. The van der Waals surface area contributed by atoms with Crippen molar-refractivity contribution < 1.29 is 4.79 Å². The Labute approximate surface area is 141 Å². The number of amides is 1. The first-order chi connectivity index (χ1) is 11.7. The normalized spacial score (nSPS) is 10.2. The van der Waals surface area contributed by atoms with Gasteiger partial charge in [0, 0.05) is 25.1 Å². The van der Waals surface area contributed by atoms with Crippen molar-refractivity contribution in [2.45, 2.75) is 6.54 Å². The zero-order valence-corrected chi connectivity index (χ0v) is 13.4. The first kappa shape index (κ1) is 15.7. The lowest BCUT2D eigenvalue weighted by Gasteiger charge is -2.19. The predicted octanol–water partition coefficient (Wildman–Crippen LogP) is 3.17. The van der Waals surface area contributed by atoms with Gasteiger partial charge in [0.05, 0.1) is 29.7 Å². The van der Waals surface area contributed by atoms with E-state index in [9.17, 15) is 4.79 Å². The lowest BCUT2D eigenvalue weighted by atomic mass is 10.2. The van der Waals surface area contributed by atoms with Crippen molar-refractivity contribution in [1.82, 2.24) is 15.3 Å². The third-order valence-electron chi connectivity index (χ3n) is 3.67. The molecule has 24 heavy (non-hydrogen) atoms. The van der Waals surface area contributed by atoms with Crippen LogP contribution in [0.3, 0.4) is 0 Å². The summed E-state index contributed by atoms with van der Waals surface area (Å²) in [6.45, 7) is 0.387. The highest BCUT2D eigenvalue weighted by Crippen LogP contribution is 2.22. The van der Waals surface area contributed by atoms with Crippen molar-refractivity contribution in [2.24, 2.45) is 0 Å². The standard InChI is InChI=1S/C19H18N4O/c1-23(17-8-3-2-4-9-17)18-11-15(12-20-14-18)19(24)22-13-16-7-5-6-10-21-16/h2-12,14H,13H2,1H3,(H,22,24). The molecule has 0 radical (unpaired) electrons. The van der Waals surface area contributed by atoms with E-state index in [0.29, 0.717) is 12.1 Å². The number of hydrogen-bond acceptors (Lipinski definition) is 4. The van der Waals surface area contributed by atoms with Crippen LogP contribution in [0, 0.1) is 0 Å². The minimum Gasteiger partial charge on any atom is -0.346 e. The average molecular weight is 318 g/mol. The highest BCUT2D eigenvalue weighted by molar-refractivity contribution is 5.94. The van der Waals surface area contributed by atoms with Gasteiger partial charge in [-0.15, -0.1) is 0 Å². The second-order valence-electron chi connectivity index (χ2n) is 5.33. The minimum atomic E-state index is -0.170. The van der Waals surface area contributed by atoms with Gasteiger partial charge >= 0.3 is 0 Å². The number of para-hydroxylation sites is 1. The molecule has 1 amide bonds. The van der Waals surface area contributed by atoms with Crippen molar-refractivity contribution in [3.63, 3.8) is 0 Å². The van der Waals surface area contributed by atoms with Gasteiger partial charge in [-0.05, 0) is 30.3 Å². The summed E-state index contributed by atoms with van der Waals surface area (Å²) < 4.78 is 0. The number of nitrogens with one attached hydrogen (secondary N) is 1. The van der Waals surface area contributed by atoms with Crippen molar-refractivity contribution in [3.05, 3.63) is 84.4 Å². The first-order valence-electron chi connectivity index (χ1n) is 7.66. The molecule has 3 rings (SSSR count). The van der Waals surface area contributed by atoms with Crippen LogP contribution in [-0.4, -0.2) is 22.9 Å². The van der Waals surface area contributed by atoms with Gasteiger partial charge in [-0.1, -0.05) is 24.3 Å². The number of nitrogens with zero attached hydrogens (tertiary/aromatic N) is 3. The van der Waals surface area contributed by atoms with Gasteiger partial charge in [0.15, 0.2) is 0 Å². The molecule has 1 N–H and O–H groups in total. The van der Waals surface area contributed by atoms with Crippen molar-refractivity contribution >= 4 is 17.3 Å². The van der Waals surface area contributed by atoms with E-state index in [1.165, 1.54) is 0 Å². The largest absolute Gasteiger partial charge is 0.346 e. The third-order valence-corrected chi connectivity index (χ3v) is 3.67. The van der Waals surface area contributed by atoms with Crippen LogP contribution >= 0.6 is 0 Å². The number of anilines is 2. The van der Waals surface area contributed by atoms with E-state index in [-0.39, 0.29) is 5.91 Å². The summed E-state index contributed by atoms with van der Waals surface area (Å²) in [5.41, 5.74) is 3.22. The molecular weight excluding hydrogens is 300 g/mol. The lowest BCUT2D eigenvalue weighted by Crippen LogP contribution is -2.23. The fourth-order valence-electron chi connectivity index (χ4n) is 2.31. The molecule has 5 nitrogen and oxygen atoms in total. The van der Waals surface area contributed by atoms with Crippen LogP contribution in [0.15, 0.2) is 73.2 Å². The molecule has 0 fully saturated rings. The Kier molecular flexibility index (Phi) is 4.81. The number of aromatic nitrogens is 2. The number of hydrogen-bond donors (Lipinski definition) is 1. The highest BCUT2D eigenvalue weighted by Gasteiger charge is 2.10. The van der Waals surface area contributed by atoms with E-state index in [1.807, 2.05) is 66.5 Å². The number of pyridine rings is 2. The Morgan fingerprint density at radius 3 is 2.58 bits per heavy atom. The van der Waals surface area contributed by atoms with Crippen molar-refractivity contribution in [3.8, 4) is 0 Å². The Balaban J connectivity index is 1.71. The van der Waals surface area contributed by atoms with Gasteiger partial charge in [-0.3, -0.25) is 14.8 Å². The molecule has 3 aromatic rings. The van der Waals surface area contributed by atoms with E-state index in [0.717, 1.165) is 17.1 Å². The Bertz CT molecular complexity index is 806. The van der Waals surface area contributed by atoms with Crippen molar-refractivity contribution in [1.29, 1.82) is 0 Å². The summed E-state index contributed by atoms with van der Waals surface area (Å²) in [4.78, 5) is 22.7. The highest BCUT2D eigenvalue weighted by atomic mass is 16.1. The zero-order valence-electron chi connectivity index (χ0n) is 13.4. The van der Waals surface area contributed by atoms with E-state index in [2.05, 4.69) is 15.3 Å². The summed E-state index contributed by atoms with van der Waals surface area (Å²) in [7, 11) is 1.95. The molecule has 0 saturated heterocycles. The minimum absolute atomic E-state index is 0.170. The van der Waals surface area contributed by atoms with E-state index < -0.39 is 0 Å². The summed E-state index contributed by atoms with van der Waals surface area (Å²) in [5, 5.41) is 2.86. The number of carbonyl (C=O) groups excluding carboxylic acids is 1. The van der Waals surface area contributed by atoms with Crippen LogP contribution in [0.1, 0.15) is 16.1 Å². The quantitative estimate of drug-likeness (QED) is 0.785. The van der Waals surface area contributed by atoms with Gasteiger partial charge in [-0.2, -0.15) is 0 Å². The van der Waals surface area contributed by atoms with Gasteiger partial charge < -0.3 is 10.2 Å². The van der Waals surface area contributed by atoms with Crippen molar-refractivity contribution in [2.75, 3.05) is 11.9 Å². The summed E-state index contributed by atoms with van der Waals surface area (Å²) in [6.07, 6.45) is 5.01. The molecule has 0 bridgehead atoms. The maximum absolute atomic E-state index is 12.3. The zero-order chi connectivity index (χ0) is 16.8. The molecule has 0 aliphatic carbocycles. The summed E-state index contributed by atoms with van der Waals surface area (Å²) in [5.74, 6) is -0.170. The maximum Gasteiger partial charge on any atom is 0.253 e. The SMILES string of the molecule is CN(c1ccccc1)c1cncc(C(=O)NCc2ccccn2)c1. The molecule has 0 atom stereocenters. The molecule has 1 aromatic carbocycles. The fourth-order valence-corrected chi connectivity index (χ4v) is 2.31. The Hall–Kier alpha value is -3.21. The summed E-state index contributed by atoms with van der Waals surface area (Å²) in [6, 6.07) is 17.4. The number of benzene rings is 1. The number of carbonyl (C=O) groups is 1. The molecule has 5 heteroatoms. The van der Waals surface area contributed by atoms with E-state index >= 15 is 0 Å². The van der Waals surface area contributed by atoms with Crippen LogP contribution in [-0.2, 0) is 6.54 Å². The van der Waals surface area contributed by atoms with E-state index in [4.69, 9.17) is 0 Å². The van der Waals surface area contributed by atoms with Crippen LogP contribution in [0.2, 0.25) is 0 Å². The smallest absolute Gasteiger partial charge is 0.253 e. The van der Waals surface area contributed by atoms with Gasteiger partial charge in [0.1, 0.15) is 0 Å². The lowest BCUT2D eigenvalue weighted by molar-refractivity contribution is 0.0950. The monoisotopic (exact) mass is 318 g/mol. The molecule has 0 spiro atoms. The van der Waals surface area contributed by atoms with E-state index in [1.54, 1.807) is 18.6 Å². The third kappa shape index (κ3) is 3.76. The second-order valence-corrected chi connectivity index (χ2v) is 5.33. The van der Waals surface area contributed by atoms with Crippen LogP contribution in [0.4, 0.5) is 11.4 Å². The van der Waals surface area contributed by atoms with Crippen LogP contribution in [0.25, 0.3) is 0 Å². The van der Waals surface area contributed by atoms with Gasteiger partial charge in [-0.25, -0.2) is 0 Å². The number of rotatable bonds is 5. The molecule has 0 aliphatic heterocycles. The Morgan fingerprint density at radius 1 is 1.04 bits per heavy atom. The maximum atomic E-state index is 12.3. The molecule has 2 aromatic heterocycles. The molecule has 0 unspecified atom stereocenters. The molecular formula is C19H18N4O. The summed E-state index contributed by atoms with van der Waals surface area (Å²) >= 11 is 0. The topological polar surface area (TPSA) is 58.1 Å². The van der Waals surface area contributed by atoms with Gasteiger partial charge in [0.2, 0.25) is 0 Å². The average Bonchev–Trinajstić information content (AvgIpc) is 2.67. The van der Waals surface area contributed by atoms with Crippen LogP contribution in [0.5, 0.6) is 0 Å². The first-order valence-corrected chi connectivity index (χ1v) is 7.66. The fraction of sp³-hybridized carbons (Fsp3) is 0.105. The van der Waals surface area contributed by atoms with Gasteiger partial charge in [0.25, 0.3) is 5.91 Å². The molecule has 0 aliphatic rings. The Morgan fingerprint density at radius 2 is 1.83 bits per heavy atom. The molecule has 120 valence electrons.